The van der Waals surface area contributed by atoms with E-state index in [1.807, 2.05) is 49.4 Å². The van der Waals surface area contributed by atoms with Gasteiger partial charge in [0.15, 0.2) is 11.5 Å². The zero-order valence-corrected chi connectivity index (χ0v) is 18.0. The first-order valence-electron chi connectivity index (χ1n) is 9.99. The molecule has 1 atom stereocenters. The van der Waals surface area contributed by atoms with Gasteiger partial charge in [0.25, 0.3) is 0 Å². The van der Waals surface area contributed by atoms with E-state index in [0.717, 1.165) is 16.9 Å². The lowest BCUT2D eigenvalue weighted by Crippen LogP contribution is -2.18. The third-order valence-electron chi connectivity index (χ3n) is 4.96. The van der Waals surface area contributed by atoms with Crippen molar-refractivity contribution in [2.45, 2.75) is 40.0 Å². The van der Waals surface area contributed by atoms with Gasteiger partial charge in [0.1, 0.15) is 6.61 Å². The van der Waals surface area contributed by atoms with E-state index in [2.05, 4.69) is 43.4 Å². The monoisotopic (exact) mass is 409 g/mol. The molecule has 0 saturated carbocycles. The van der Waals surface area contributed by atoms with Crippen LogP contribution in [0, 0.1) is 6.92 Å². The Morgan fingerprint density at radius 3 is 2.31 bits per heavy atom. The predicted molar refractivity (Wildman–Crippen MR) is 120 cm³/mol. The first-order chi connectivity index (χ1) is 14.1. The van der Waals surface area contributed by atoms with Crippen LogP contribution < -0.4 is 14.8 Å². The van der Waals surface area contributed by atoms with Crippen LogP contribution in [0.15, 0.2) is 66.7 Å². The molecule has 0 aromatic heterocycles. The molecule has 0 fully saturated rings. The Morgan fingerprint density at radius 1 is 0.897 bits per heavy atom. The Kier molecular flexibility index (Phi) is 7.56. The van der Waals surface area contributed by atoms with Crippen molar-refractivity contribution in [3.05, 3.63) is 94.0 Å². The van der Waals surface area contributed by atoms with Gasteiger partial charge in [0.05, 0.1) is 6.61 Å². The highest BCUT2D eigenvalue weighted by atomic mass is 35.5. The van der Waals surface area contributed by atoms with Crippen molar-refractivity contribution >= 4 is 11.6 Å². The molecular formula is C25H28ClNO2. The Bertz CT molecular complexity index is 927. The second-order valence-corrected chi connectivity index (χ2v) is 7.46. The van der Waals surface area contributed by atoms with Crippen molar-refractivity contribution in [3.63, 3.8) is 0 Å². The summed E-state index contributed by atoms with van der Waals surface area (Å²) >= 11 is 6.57. The van der Waals surface area contributed by atoms with Crippen molar-refractivity contribution in [2.24, 2.45) is 0 Å². The molecule has 0 amide bonds. The summed E-state index contributed by atoms with van der Waals surface area (Å²) in [7, 11) is 0. The van der Waals surface area contributed by atoms with E-state index in [4.69, 9.17) is 21.1 Å². The lowest BCUT2D eigenvalue weighted by Gasteiger charge is -2.18. The van der Waals surface area contributed by atoms with Gasteiger partial charge in [0, 0.05) is 23.7 Å². The highest BCUT2D eigenvalue weighted by Gasteiger charge is 2.13. The quantitative estimate of drug-likeness (QED) is 0.439. The normalized spacial score (nSPS) is 11.9. The number of hydrogen-bond acceptors (Lipinski definition) is 3. The summed E-state index contributed by atoms with van der Waals surface area (Å²) in [5.74, 6) is 1.38. The highest BCUT2D eigenvalue weighted by molar-refractivity contribution is 6.31. The van der Waals surface area contributed by atoms with Crippen LogP contribution in [-0.4, -0.2) is 6.61 Å². The molecule has 1 unspecified atom stereocenters. The summed E-state index contributed by atoms with van der Waals surface area (Å²) < 4.78 is 11.9. The lowest BCUT2D eigenvalue weighted by molar-refractivity contribution is 0.268. The predicted octanol–water partition coefficient (Wildman–Crippen LogP) is 6.48. The van der Waals surface area contributed by atoms with Crippen molar-refractivity contribution in [2.75, 3.05) is 6.61 Å². The molecule has 4 heteroatoms. The zero-order valence-electron chi connectivity index (χ0n) is 17.2. The van der Waals surface area contributed by atoms with Gasteiger partial charge in [-0.05, 0) is 49.1 Å². The van der Waals surface area contributed by atoms with Crippen LogP contribution in [0.5, 0.6) is 11.5 Å². The standard InChI is InChI=1S/C25H28ClNO2/c1-4-28-24-14-22(16-27-19(3)20-11-6-5-7-12-20)23(26)15-25(24)29-17-21-13-9-8-10-18(21)2/h5-15,19,27H,4,16-17H2,1-3H3. The van der Waals surface area contributed by atoms with Crippen LogP contribution in [0.1, 0.15) is 42.1 Å². The van der Waals surface area contributed by atoms with Gasteiger partial charge in [-0.25, -0.2) is 0 Å². The molecule has 0 saturated heterocycles. The number of hydrogen-bond donors (Lipinski definition) is 1. The second-order valence-electron chi connectivity index (χ2n) is 7.05. The third kappa shape index (κ3) is 5.75. The Balaban J connectivity index is 1.72. The molecule has 0 spiro atoms. The highest BCUT2D eigenvalue weighted by Crippen LogP contribution is 2.34. The average molecular weight is 410 g/mol. The van der Waals surface area contributed by atoms with E-state index in [0.29, 0.717) is 30.5 Å². The van der Waals surface area contributed by atoms with Gasteiger partial charge >= 0.3 is 0 Å². The van der Waals surface area contributed by atoms with Crippen molar-refractivity contribution in [3.8, 4) is 11.5 Å². The molecule has 0 bridgehead atoms. The fourth-order valence-corrected chi connectivity index (χ4v) is 3.36. The maximum atomic E-state index is 6.57. The van der Waals surface area contributed by atoms with Crippen molar-refractivity contribution in [1.29, 1.82) is 0 Å². The first-order valence-corrected chi connectivity index (χ1v) is 10.4. The summed E-state index contributed by atoms with van der Waals surface area (Å²) in [6.07, 6.45) is 0. The molecule has 29 heavy (non-hydrogen) atoms. The van der Waals surface area contributed by atoms with Gasteiger partial charge in [0.2, 0.25) is 0 Å². The van der Waals surface area contributed by atoms with Crippen LogP contribution in [-0.2, 0) is 13.2 Å². The van der Waals surface area contributed by atoms with Crippen LogP contribution in [0.25, 0.3) is 0 Å². The van der Waals surface area contributed by atoms with E-state index in [1.54, 1.807) is 0 Å². The number of nitrogens with one attached hydrogen (secondary N) is 1. The molecule has 3 nitrogen and oxygen atoms in total. The fraction of sp³-hybridized carbons (Fsp3) is 0.280. The van der Waals surface area contributed by atoms with Gasteiger partial charge in [-0.1, -0.05) is 66.2 Å². The third-order valence-corrected chi connectivity index (χ3v) is 5.31. The number of aryl methyl sites for hydroxylation is 1. The van der Waals surface area contributed by atoms with Gasteiger partial charge < -0.3 is 14.8 Å². The molecule has 0 radical (unpaired) electrons. The van der Waals surface area contributed by atoms with Gasteiger partial charge in [-0.15, -0.1) is 0 Å². The summed E-state index contributed by atoms with van der Waals surface area (Å²) in [6.45, 7) is 7.88. The van der Waals surface area contributed by atoms with Crippen LogP contribution in [0.3, 0.4) is 0 Å². The molecule has 3 rings (SSSR count). The maximum Gasteiger partial charge on any atom is 0.163 e. The molecule has 0 aliphatic heterocycles. The van der Waals surface area contributed by atoms with Gasteiger partial charge in [-0.3, -0.25) is 0 Å². The van der Waals surface area contributed by atoms with Crippen LogP contribution >= 0.6 is 11.6 Å². The van der Waals surface area contributed by atoms with Crippen molar-refractivity contribution in [1.82, 2.24) is 5.32 Å². The number of benzene rings is 3. The van der Waals surface area contributed by atoms with Crippen LogP contribution in [0.2, 0.25) is 5.02 Å². The zero-order chi connectivity index (χ0) is 20.6. The molecule has 3 aromatic carbocycles. The molecule has 152 valence electrons. The minimum absolute atomic E-state index is 0.222. The van der Waals surface area contributed by atoms with Crippen LogP contribution in [0.4, 0.5) is 0 Å². The Morgan fingerprint density at radius 2 is 1.59 bits per heavy atom. The van der Waals surface area contributed by atoms with E-state index < -0.39 is 0 Å². The smallest absolute Gasteiger partial charge is 0.163 e. The lowest BCUT2D eigenvalue weighted by atomic mass is 10.1. The van der Waals surface area contributed by atoms with E-state index in [9.17, 15) is 0 Å². The largest absolute Gasteiger partial charge is 0.490 e. The fourth-order valence-electron chi connectivity index (χ4n) is 3.14. The maximum absolute atomic E-state index is 6.57. The Labute approximate surface area is 178 Å². The number of rotatable bonds is 9. The van der Waals surface area contributed by atoms with E-state index in [-0.39, 0.29) is 6.04 Å². The van der Waals surface area contributed by atoms with Gasteiger partial charge in [-0.2, -0.15) is 0 Å². The SMILES string of the molecule is CCOc1cc(CNC(C)c2ccccc2)c(Cl)cc1OCc1ccccc1C. The number of halogens is 1. The topological polar surface area (TPSA) is 30.5 Å². The minimum atomic E-state index is 0.222. The molecule has 0 aliphatic carbocycles. The second kappa shape index (κ2) is 10.3. The molecule has 0 heterocycles. The molecule has 0 aliphatic rings. The Hall–Kier alpha value is -2.49. The van der Waals surface area contributed by atoms with Crippen molar-refractivity contribution < 1.29 is 9.47 Å². The van der Waals surface area contributed by atoms with E-state index >= 15 is 0 Å². The summed E-state index contributed by atoms with van der Waals surface area (Å²) in [6, 6.07) is 22.6. The van der Waals surface area contributed by atoms with E-state index in [1.165, 1.54) is 11.1 Å². The average Bonchev–Trinajstić information content (AvgIpc) is 2.74. The minimum Gasteiger partial charge on any atom is -0.490 e. The molecule has 3 aromatic rings. The summed E-state index contributed by atoms with van der Waals surface area (Å²) in [5.41, 5.74) is 4.58. The first kappa shape index (κ1) is 21.2. The molecule has 1 N–H and O–H groups in total. The molecular weight excluding hydrogens is 382 g/mol. The summed E-state index contributed by atoms with van der Waals surface area (Å²) in [5, 5.41) is 4.20. The number of ether oxygens (including phenoxy) is 2. The summed E-state index contributed by atoms with van der Waals surface area (Å²) in [4.78, 5) is 0.